The zero-order chi connectivity index (χ0) is 16.9. The molecule has 0 aliphatic heterocycles. The van der Waals surface area contributed by atoms with E-state index in [4.69, 9.17) is 11.6 Å². The first-order chi connectivity index (χ1) is 10.9. The van der Waals surface area contributed by atoms with Gasteiger partial charge in [0, 0.05) is 11.4 Å². The third-order valence-electron chi connectivity index (χ3n) is 2.86. The Morgan fingerprint density at radius 1 is 1.04 bits per heavy atom. The first-order valence-corrected chi connectivity index (χ1v) is 6.89. The van der Waals surface area contributed by atoms with E-state index in [1.165, 1.54) is 36.4 Å². The molecule has 120 valence electrons. The molecule has 3 nitrogen and oxygen atoms in total. The molecule has 0 spiro atoms. The van der Waals surface area contributed by atoms with Crippen molar-refractivity contribution in [3.8, 4) is 0 Å². The Bertz CT molecular complexity index is 698. The van der Waals surface area contributed by atoms with Gasteiger partial charge in [-0.25, -0.2) is 4.79 Å². The molecule has 0 aromatic heterocycles. The lowest BCUT2D eigenvalue weighted by molar-refractivity contribution is -0.0626. The smallest absolute Gasteiger partial charge is 0.313 e. The average Bonchev–Trinajstić information content (AvgIpc) is 2.51. The fourth-order valence-corrected chi connectivity index (χ4v) is 1.83. The van der Waals surface area contributed by atoms with Crippen molar-refractivity contribution >= 4 is 23.3 Å². The maximum atomic E-state index is 13.0. The topological polar surface area (TPSA) is 38.7 Å². The van der Waals surface area contributed by atoms with Crippen molar-refractivity contribution in [1.82, 2.24) is 0 Å². The predicted octanol–water partition coefficient (Wildman–Crippen LogP) is 4.66. The lowest BCUT2D eigenvalue weighted by Crippen LogP contribution is -2.26. The molecule has 0 fully saturated rings. The second kappa shape index (κ2) is 7.28. The standard InChI is InChI=1S/C16H11ClF3NO2/c17-13-8-6-12(7-9-13)15(22)23-21-14(16(18,19)20)10-11-4-2-1-3-5-11/h1-9H,10H2. The zero-order valence-electron chi connectivity index (χ0n) is 11.7. The van der Waals surface area contributed by atoms with E-state index >= 15 is 0 Å². The van der Waals surface area contributed by atoms with Gasteiger partial charge in [-0.15, -0.1) is 0 Å². The lowest BCUT2D eigenvalue weighted by atomic mass is 10.1. The van der Waals surface area contributed by atoms with E-state index in [0.717, 1.165) is 0 Å². The summed E-state index contributed by atoms with van der Waals surface area (Å²) in [5.41, 5.74) is -0.725. The van der Waals surface area contributed by atoms with E-state index in [9.17, 15) is 18.0 Å². The molecule has 0 aliphatic rings. The molecule has 0 aliphatic carbocycles. The quantitative estimate of drug-likeness (QED) is 0.461. The molecule has 0 saturated heterocycles. The molecule has 0 heterocycles. The van der Waals surface area contributed by atoms with Crippen molar-refractivity contribution in [3.05, 3.63) is 70.7 Å². The number of hydrogen-bond donors (Lipinski definition) is 0. The van der Waals surface area contributed by atoms with Gasteiger partial charge in [0.25, 0.3) is 0 Å². The van der Waals surface area contributed by atoms with E-state index in [-0.39, 0.29) is 5.56 Å². The molecule has 2 aromatic carbocycles. The Morgan fingerprint density at radius 2 is 1.65 bits per heavy atom. The summed E-state index contributed by atoms with van der Waals surface area (Å²) >= 11 is 5.67. The van der Waals surface area contributed by atoms with E-state index in [1.807, 2.05) is 0 Å². The van der Waals surface area contributed by atoms with Crippen LogP contribution in [0.15, 0.2) is 59.8 Å². The van der Waals surface area contributed by atoms with Gasteiger partial charge in [0.1, 0.15) is 0 Å². The highest BCUT2D eigenvalue weighted by Crippen LogP contribution is 2.21. The van der Waals surface area contributed by atoms with Crippen molar-refractivity contribution in [3.63, 3.8) is 0 Å². The van der Waals surface area contributed by atoms with Crippen molar-refractivity contribution in [2.45, 2.75) is 12.6 Å². The second-order valence-corrected chi connectivity index (χ2v) is 5.02. The second-order valence-electron chi connectivity index (χ2n) is 4.58. The van der Waals surface area contributed by atoms with Crippen LogP contribution in [0.2, 0.25) is 5.02 Å². The summed E-state index contributed by atoms with van der Waals surface area (Å²) < 4.78 is 38.9. The highest BCUT2D eigenvalue weighted by atomic mass is 35.5. The minimum Gasteiger partial charge on any atom is -0.313 e. The van der Waals surface area contributed by atoms with Crippen LogP contribution in [0.1, 0.15) is 15.9 Å². The third kappa shape index (κ3) is 5.10. The molecule has 0 bridgehead atoms. The molecule has 0 N–H and O–H groups in total. The first kappa shape index (κ1) is 17.0. The van der Waals surface area contributed by atoms with Crippen LogP contribution in [-0.2, 0) is 11.3 Å². The van der Waals surface area contributed by atoms with Crippen LogP contribution in [0, 0.1) is 0 Å². The van der Waals surface area contributed by atoms with E-state index in [2.05, 4.69) is 9.99 Å². The number of oxime groups is 1. The molecule has 0 unspecified atom stereocenters. The number of carbonyl (C=O) groups excluding carboxylic acids is 1. The van der Waals surface area contributed by atoms with Gasteiger partial charge < -0.3 is 4.84 Å². The summed E-state index contributed by atoms with van der Waals surface area (Å²) in [5, 5.41) is 3.39. The van der Waals surface area contributed by atoms with Gasteiger partial charge >= 0.3 is 12.1 Å². The van der Waals surface area contributed by atoms with Crippen molar-refractivity contribution in [2.75, 3.05) is 0 Å². The van der Waals surface area contributed by atoms with Crippen molar-refractivity contribution < 1.29 is 22.8 Å². The van der Waals surface area contributed by atoms with Gasteiger partial charge in [-0.2, -0.15) is 13.2 Å². The van der Waals surface area contributed by atoms with Crippen molar-refractivity contribution in [2.24, 2.45) is 5.16 Å². The minimum absolute atomic E-state index is 0.0550. The monoisotopic (exact) mass is 341 g/mol. The molecule has 0 saturated carbocycles. The third-order valence-corrected chi connectivity index (χ3v) is 3.11. The van der Waals surface area contributed by atoms with E-state index in [1.54, 1.807) is 18.2 Å². The highest BCUT2D eigenvalue weighted by molar-refractivity contribution is 6.30. The summed E-state index contributed by atoms with van der Waals surface area (Å²) in [6.07, 6.45) is -5.19. The van der Waals surface area contributed by atoms with Crippen LogP contribution in [0.4, 0.5) is 13.2 Å². The van der Waals surface area contributed by atoms with E-state index in [0.29, 0.717) is 10.6 Å². The number of hydrogen-bond acceptors (Lipinski definition) is 3. The molecule has 0 radical (unpaired) electrons. The zero-order valence-corrected chi connectivity index (χ0v) is 12.4. The van der Waals surface area contributed by atoms with E-state index < -0.39 is 24.3 Å². The van der Waals surface area contributed by atoms with Crippen LogP contribution in [-0.4, -0.2) is 17.9 Å². The summed E-state index contributed by atoms with van der Waals surface area (Å²) in [7, 11) is 0. The lowest BCUT2D eigenvalue weighted by Gasteiger charge is -2.09. The van der Waals surface area contributed by atoms with Crippen LogP contribution in [0.3, 0.4) is 0 Å². The number of carbonyl (C=O) groups is 1. The molecular formula is C16H11ClF3NO2. The largest absolute Gasteiger partial charge is 0.433 e. The van der Waals surface area contributed by atoms with Crippen LogP contribution >= 0.6 is 11.6 Å². The first-order valence-electron chi connectivity index (χ1n) is 6.51. The Balaban J connectivity index is 2.14. The Hall–Kier alpha value is -2.34. The van der Waals surface area contributed by atoms with Gasteiger partial charge in [0.15, 0.2) is 5.71 Å². The van der Waals surface area contributed by atoms with Crippen LogP contribution in [0.5, 0.6) is 0 Å². The summed E-state index contributed by atoms with van der Waals surface area (Å²) in [6, 6.07) is 13.5. The number of rotatable bonds is 4. The normalized spacial score (nSPS) is 12.1. The highest BCUT2D eigenvalue weighted by Gasteiger charge is 2.36. The predicted molar refractivity (Wildman–Crippen MR) is 80.5 cm³/mol. The minimum atomic E-state index is -4.70. The molecule has 7 heteroatoms. The summed E-state index contributed by atoms with van der Waals surface area (Å²) in [4.78, 5) is 16.1. The van der Waals surface area contributed by atoms with Gasteiger partial charge in [-0.3, -0.25) is 0 Å². The molecule has 23 heavy (non-hydrogen) atoms. The van der Waals surface area contributed by atoms with Gasteiger partial charge in [0.05, 0.1) is 5.56 Å². The maximum Gasteiger partial charge on any atom is 0.433 e. The molecular weight excluding hydrogens is 331 g/mol. The Morgan fingerprint density at radius 3 is 2.22 bits per heavy atom. The summed E-state index contributed by atoms with van der Waals surface area (Å²) in [6.45, 7) is 0. The number of nitrogens with zero attached hydrogens (tertiary/aromatic N) is 1. The molecule has 0 amide bonds. The fourth-order valence-electron chi connectivity index (χ4n) is 1.71. The van der Waals surface area contributed by atoms with Crippen LogP contribution < -0.4 is 0 Å². The number of halogens is 4. The molecule has 0 atom stereocenters. The molecule has 2 rings (SSSR count). The van der Waals surface area contributed by atoms with Gasteiger partial charge in [0.2, 0.25) is 0 Å². The Kier molecular flexibility index (Phi) is 5.39. The Labute approximate surface area is 135 Å². The number of benzene rings is 2. The maximum absolute atomic E-state index is 13.0. The average molecular weight is 342 g/mol. The fraction of sp³-hybridized carbons (Fsp3) is 0.125. The van der Waals surface area contributed by atoms with Crippen molar-refractivity contribution in [1.29, 1.82) is 0 Å². The SMILES string of the molecule is O=C(ON=C(Cc1ccccc1)C(F)(F)F)c1ccc(Cl)cc1. The van der Waals surface area contributed by atoms with Gasteiger partial charge in [-0.05, 0) is 29.8 Å². The summed E-state index contributed by atoms with van der Waals surface area (Å²) in [5.74, 6) is -0.989. The van der Waals surface area contributed by atoms with Gasteiger partial charge in [-0.1, -0.05) is 47.1 Å². The molecule has 2 aromatic rings. The van der Waals surface area contributed by atoms with Crippen LogP contribution in [0.25, 0.3) is 0 Å². The number of alkyl halides is 3.